The van der Waals surface area contributed by atoms with Gasteiger partial charge in [0.2, 0.25) is 5.91 Å². The van der Waals surface area contributed by atoms with Crippen molar-refractivity contribution in [2.45, 2.75) is 69.7 Å². The maximum Gasteiger partial charge on any atom is 0.217 e. The van der Waals surface area contributed by atoms with E-state index in [9.17, 15) is 4.79 Å². The number of nitrogens with one attached hydrogen (secondary N) is 1. The van der Waals surface area contributed by atoms with Gasteiger partial charge in [-0.3, -0.25) is 4.79 Å². The Morgan fingerprint density at radius 3 is 2.83 bits per heavy atom. The molecule has 4 aliphatic rings. The highest BCUT2D eigenvalue weighted by atomic mass is 16.1. The standard InChI is InChI=1S/C26H36N2O/c1-19(29)27-25-17-26(24-8-3-2-7-23(24)25)11-13-28(14-12-26)18-22-10-9-20-5-4-6-21(15-20)16-22/h2-4,6-8,20-22,25H,5,9-18H2,1H3,(H,27,29)/t20-,21?,22-,25?/m1/s1. The minimum atomic E-state index is 0.0897. The van der Waals surface area contributed by atoms with E-state index in [-0.39, 0.29) is 17.4 Å². The van der Waals surface area contributed by atoms with Crippen molar-refractivity contribution in [3.8, 4) is 0 Å². The van der Waals surface area contributed by atoms with E-state index < -0.39 is 0 Å². The average molecular weight is 393 g/mol. The molecule has 3 nitrogen and oxygen atoms in total. The van der Waals surface area contributed by atoms with Crippen LogP contribution in [0.5, 0.6) is 0 Å². The van der Waals surface area contributed by atoms with Crippen LogP contribution in [0.3, 0.4) is 0 Å². The lowest BCUT2D eigenvalue weighted by atomic mass is 9.73. The molecule has 3 heteroatoms. The molecule has 1 saturated heterocycles. The van der Waals surface area contributed by atoms with Gasteiger partial charge in [-0.1, -0.05) is 36.4 Å². The molecule has 1 aromatic carbocycles. The van der Waals surface area contributed by atoms with E-state index in [4.69, 9.17) is 0 Å². The second kappa shape index (κ2) is 7.91. The van der Waals surface area contributed by atoms with Gasteiger partial charge >= 0.3 is 0 Å². The first-order valence-electron chi connectivity index (χ1n) is 11.9. The summed E-state index contributed by atoms with van der Waals surface area (Å²) in [6.45, 7) is 5.36. The van der Waals surface area contributed by atoms with Gasteiger partial charge in [-0.15, -0.1) is 0 Å². The van der Waals surface area contributed by atoms with E-state index >= 15 is 0 Å². The Balaban J connectivity index is 1.23. The Kier molecular flexibility index (Phi) is 5.28. The highest BCUT2D eigenvalue weighted by Gasteiger charge is 2.45. The molecule has 1 amide bonds. The quantitative estimate of drug-likeness (QED) is 0.736. The lowest BCUT2D eigenvalue weighted by molar-refractivity contribution is -0.119. The van der Waals surface area contributed by atoms with Crippen molar-refractivity contribution in [3.05, 3.63) is 47.5 Å². The minimum Gasteiger partial charge on any atom is -0.349 e. The molecule has 0 radical (unpaired) electrons. The van der Waals surface area contributed by atoms with Crippen molar-refractivity contribution in [1.29, 1.82) is 0 Å². The zero-order chi connectivity index (χ0) is 19.8. The summed E-state index contributed by atoms with van der Waals surface area (Å²) in [7, 11) is 0. The van der Waals surface area contributed by atoms with Crippen molar-refractivity contribution >= 4 is 5.91 Å². The molecular formula is C26H36N2O. The van der Waals surface area contributed by atoms with Gasteiger partial charge in [-0.25, -0.2) is 0 Å². The molecule has 2 fully saturated rings. The Hall–Kier alpha value is -1.61. The SMILES string of the molecule is CC(=O)NC1CC2(CCN(C[C@@H]3CC[C@H]4CC=CC(C4)C3)CC2)c2ccccc21. The van der Waals surface area contributed by atoms with E-state index in [1.165, 1.54) is 75.7 Å². The summed E-state index contributed by atoms with van der Waals surface area (Å²) in [4.78, 5) is 14.5. The second-order valence-corrected chi connectivity index (χ2v) is 10.3. The van der Waals surface area contributed by atoms with E-state index in [0.717, 1.165) is 24.2 Å². The predicted molar refractivity (Wildman–Crippen MR) is 118 cm³/mol. The average Bonchev–Trinajstić information content (AvgIpc) is 2.93. The molecule has 1 saturated carbocycles. The van der Waals surface area contributed by atoms with Crippen LogP contribution >= 0.6 is 0 Å². The van der Waals surface area contributed by atoms with Crippen molar-refractivity contribution in [1.82, 2.24) is 10.2 Å². The number of allylic oxidation sites excluding steroid dienone is 2. The van der Waals surface area contributed by atoms with Crippen molar-refractivity contribution in [2.75, 3.05) is 19.6 Å². The van der Waals surface area contributed by atoms with Gasteiger partial charge in [-0.2, -0.15) is 0 Å². The Morgan fingerprint density at radius 1 is 1.17 bits per heavy atom. The number of hydrogen-bond donors (Lipinski definition) is 1. The van der Waals surface area contributed by atoms with Crippen molar-refractivity contribution in [3.63, 3.8) is 0 Å². The number of benzene rings is 1. The maximum atomic E-state index is 11.7. The van der Waals surface area contributed by atoms with E-state index in [1.54, 1.807) is 6.92 Å². The zero-order valence-electron chi connectivity index (χ0n) is 17.9. The van der Waals surface area contributed by atoms with Crippen LogP contribution in [-0.4, -0.2) is 30.4 Å². The Morgan fingerprint density at radius 2 is 2.00 bits per heavy atom. The summed E-state index contributed by atoms with van der Waals surface area (Å²) >= 11 is 0. The molecule has 1 heterocycles. The first kappa shape index (κ1) is 19.4. The largest absolute Gasteiger partial charge is 0.349 e. The van der Waals surface area contributed by atoms with Gasteiger partial charge in [0, 0.05) is 18.9 Å². The molecule has 1 aliphatic heterocycles. The maximum absolute atomic E-state index is 11.7. The van der Waals surface area contributed by atoms with E-state index in [0.29, 0.717) is 0 Å². The number of carbonyl (C=O) groups is 1. The summed E-state index contributed by atoms with van der Waals surface area (Å²) in [5.74, 6) is 2.77. The number of piperidine rings is 1. The van der Waals surface area contributed by atoms with Gasteiger partial charge < -0.3 is 10.2 Å². The summed E-state index contributed by atoms with van der Waals surface area (Å²) in [6, 6.07) is 9.06. The fraction of sp³-hybridized carbons (Fsp3) is 0.654. The predicted octanol–water partition coefficient (Wildman–Crippen LogP) is 4.98. The molecule has 1 spiro atoms. The van der Waals surface area contributed by atoms with Gasteiger partial charge in [0.1, 0.15) is 0 Å². The Labute approximate surface area is 175 Å². The number of carbonyl (C=O) groups excluding carboxylic acids is 1. The molecule has 29 heavy (non-hydrogen) atoms. The van der Waals surface area contributed by atoms with Crippen molar-refractivity contribution in [2.24, 2.45) is 17.8 Å². The molecule has 3 aliphatic carbocycles. The number of hydrogen-bond acceptors (Lipinski definition) is 2. The smallest absolute Gasteiger partial charge is 0.217 e. The van der Waals surface area contributed by atoms with Crippen LogP contribution < -0.4 is 5.32 Å². The lowest BCUT2D eigenvalue weighted by Crippen LogP contribution is -2.43. The molecule has 4 atom stereocenters. The molecule has 5 rings (SSSR count). The molecular weight excluding hydrogens is 356 g/mol. The summed E-state index contributed by atoms with van der Waals surface area (Å²) in [5, 5.41) is 3.22. The third-order valence-electron chi connectivity index (χ3n) is 8.34. The van der Waals surface area contributed by atoms with Crippen LogP contribution in [0, 0.1) is 17.8 Å². The number of rotatable bonds is 3. The van der Waals surface area contributed by atoms with Crippen LogP contribution in [0.1, 0.15) is 75.5 Å². The highest BCUT2D eigenvalue weighted by molar-refractivity contribution is 5.73. The Bertz CT molecular complexity index is 777. The fourth-order valence-corrected chi connectivity index (χ4v) is 6.93. The van der Waals surface area contributed by atoms with Crippen molar-refractivity contribution < 1.29 is 4.79 Å². The molecule has 2 unspecified atom stereocenters. The van der Waals surface area contributed by atoms with Gasteiger partial charge in [-0.05, 0) is 93.3 Å². The topological polar surface area (TPSA) is 32.3 Å². The van der Waals surface area contributed by atoms with E-state index in [1.807, 2.05) is 0 Å². The number of nitrogens with zero attached hydrogens (tertiary/aromatic N) is 1. The van der Waals surface area contributed by atoms with Crippen LogP contribution in [0.15, 0.2) is 36.4 Å². The van der Waals surface area contributed by atoms with Crippen LogP contribution in [0.25, 0.3) is 0 Å². The minimum absolute atomic E-state index is 0.0897. The summed E-state index contributed by atoms with van der Waals surface area (Å²) < 4.78 is 0. The highest BCUT2D eigenvalue weighted by Crippen LogP contribution is 2.51. The van der Waals surface area contributed by atoms with Crippen LogP contribution in [0.2, 0.25) is 0 Å². The zero-order valence-corrected chi connectivity index (χ0v) is 17.9. The van der Waals surface area contributed by atoms with Gasteiger partial charge in [0.15, 0.2) is 0 Å². The molecule has 1 aromatic rings. The van der Waals surface area contributed by atoms with Crippen LogP contribution in [0.4, 0.5) is 0 Å². The third kappa shape index (κ3) is 3.91. The van der Waals surface area contributed by atoms with E-state index in [2.05, 4.69) is 46.6 Å². The third-order valence-corrected chi connectivity index (χ3v) is 8.34. The second-order valence-electron chi connectivity index (χ2n) is 10.3. The normalized spacial score (nSPS) is 33.3. The summed E-state index contributed by atoms with van der Waals surface area (Å²) in [6.07, 6.45) is 15.6. The molecule has 156 valence electrons. The number of fused-ring (bicyclic) bond motifs is 4. The van der Waals surface area contributed by atoms with Gasteiger partial charge in [0.05, 0.1) is 6.04 Å². The first-order chi connectivity index (χ1) is 14.1. The molecule has 2 bridgehead atoms. The first-order valence-corrected chi connectivity index (χ1v) is 11.9. The molecule has 1 N–H and O–H groups in total. The molecule has 0 aromatic heterocycles. The monoisotopic (exact) mass is 392 g/mol. The van der Waals surface area contributed by atoms with Crippen LogP contribution in [-0.2, 0) is 10.2 Å². The lowest BCUT2D eigenvalue weighted by Gasteiger charge is -2.41. The number of likely N-dealkylation sites (tertiary alicyclic amines) is 1. The summed E-state index contributed by atoms with van der Waals surface area (Å²) in [5.41, 5.74) is 3.13. The van der Waals surface area contributed by atoms with Gasteiger partial charge in [0.25, 0.3) is 0 Å². The number of amides is 1. The fourth-order valence-electron chi connectivity index (χ4n) is 6.93.